The first-order chi connectivity index (χ1) is 10.3. The van der Waals surface area contributed by atoms with Crippen LogP contribution in [0.5, 0.6) is 5.75 Å². The van der Waals surface area contributed by atoms with Gasteiger partial charge in [0.25, 0.3) is 0 Å². The molecule has 0 spiro atoms. The van der Waals surface area contributed by atoms with Crippen LogP contribution in [0.15, 0.2) is 55.0 Å². The molecule has 1 aromatic carbocycles. The van der Waals surface area contributed by atoms with Gasteiger partial charge < -0.3 is 4.74 Å². The molecule has 21 heavy (non-hydrogen) atoms. The quantitative estimate of drug-likeness (QED) is 0.785. The van der Waals surface area contributed by atoms with E-state index in [-0.39, 0.29) is 0 Å². The van der Waals surface area contributed by atoms with Crippen molar-refractivity contribution in [3.63, 3.8) is 0 Å². The number of carbonyl (C=O) groups excluding carboxylic acids is 1. The Bertz CT molecular complexity index is 712. The molecule has 8 heteroatoms. The average molecular weight is 282 g/mol. The first-order valence-electron chi connectivity index (χ1n) is 6.04. The number of ether oxygens (including phenoxy) is 1. The third-order valence-corrected chi connectivity index (χ3v) is 2.55. The number of amides is 1. The second kappa shape index (κ2) is 5.78. The summed E-state index contributed by atoms with van der Waals surface area (Å²) in [6, 6.07) is 12.1. The van der Waals surface area contributed by atoms with Crippen molar-refractivity contribution < 1.29 is 9.53 Å². The molecule has 3 aromatic rings. The molecule has 104 valence electrons. The highest BCUT2D eigenvalue weighted by Gasteiger charge is 2.06. The van der Waals surface area contributed by atoms with Gasteiger partial charge in [0.1, 0.15) is 17.9 Å². The lowest BCUT2D eigenvalue weighted by Gasteiger charge is -2.06. The van der Waals surface area contributed by atoms with Crippen LogP contribution >= 0.6 is 0 Å². The second-order valence-corrected chi connectivity index (χ2v) is 3.98. The summed E-state index contributed by atoms with van der Waals surface area (Å²) in [6.07, 6.45) is 2.38. The van der Waals surface area contributed by atoms with Crippen LogP contribution in [0.25, 0.3) is 5.69 Å². The van der Waals surface area contributed by atoms with Crippen LogP contribution in [-0.2, 0) is 0 Å². The smallest absolute Gasteiger partial charge is 0.410 e. The number of anilines is 1. The van der Waals surface area contributed by atoms with Crippen LogP contribution in [0.2, 0.25) is 0 Å². The molecule has 8 nitrogen and oxygen atoms in total. The highest BCUT2D eigenvalue weighted by Crippen LogP contribution is 2.11. The Morgan fingerprint density at radius 1 is 1.14 bits per heavy atom. The van der Waals surface area contributed by atoms with E-state index < -0.39 is 6.09 Å². The predicted molar refractivity (Wildman–Crippen MR) is 73.0 cm³/mol. The normalized spacial score (nSPS) is 10.1. The van der Waals surface area contributed by atoms with E-state index >= 15 is 0 Å². The van der Waals surface area contributed by atoms with Gasteiger partial charge in [-0.3, -0.25) is 5.32 Å². The van der Waals surface area contributed by atoms with Crippen LogP contribution in [-0.4, -0.2) is 31.3 Å². The van der Waals surface area contributed by atoms with Crippen LogP contribution in [0.3, 0.4) is 0 Å². The van der Waals surface area contributed by atoms with E-state index in [4.69, 9.17) is 4.74 Å². The van der Waals surface area contributed by atoms with Crippen LogP contribution in [0.4, 0.5) is 10.6 Å². The number of hydrogen-bond donors (Lipinski definition) is 1. The maximum absolute atomic E-state index is 11.7. The van der Waals surface area contributed by atoms with Gasteiger partial charge in [-0.15, -0.1) is 5.10 Å². The maximum Gasteiger partial charge on any atom is 0.418 e. The standard InChI is InChI=1S/C13H10N6O2/c20-13(21-11-4-2-1-3-5-11)16-12-7-6-10(8-14-12)19-9-15-17-18-19/h1-9H,(H,14,16,20). The Balaban J connectivity index is 1.64. The number of rotatable bonds is 3. The lowest BCUT2D eigenvalue weighted by atomic mass is 10.3. The van der Waals surface area contributed by atoms with E-state index in [0.29, 0.717) is 17.3 Å². The number of nitrogens with one attached hydrogen (secondary N) is 1. The number of nitrogens with zero attached hydrogens (tertiary/aromatic N) is 5. The summed E-state index contributed by atoms with van der Waals surface area (Å²) in [4.78, 5) is 15.8. The minimum Gasteiger partial charge on any atom is -0.410 e. The Morgan fingerprint density at radius 2 is 2.00 bits per heavy atom. The average Bonchev–Trinajstić information content (AvgIpc) is 3.03. The van der Waals surface area contributed by atoms with Gasteiger partial charge >= 0.3 is 6.09 Å². The van der Waals surface area contributed by atoms with E-state index in [1.54, 1.807) is 36.4 Å². The Labute approximate surface area is 119 Å². The van der Waals surface area contributed by atoms with Gasteiger partial charge in [0, 0.05) is 0 Å². The zero-order valence-corrected chi connectivity index (χ0v) is 10.7. The van der Waals surface area contributed by atoms with Gasteiger partial charge in [-0.25, -0.2) is 9.78 Å². The SMILES string of the molecule is O=C(Nc1ccc(-n2cnnn2)cn1)Oc1ccccc1. The molecule has 0 aliphatic rings. The molecule has 2 heterocycles. The molecule has 0 atom stereocenters. The molecule has 0 fully saturated rings. The Morgan fingerprint density at radius 3 is 2.67 bits per heavy atom. The number of aromatic nitrogens is 5. The van der Waals surface area contributed by atoms with E-state index in [0.717, 1.165) is 0 Å². The maximum atomic E-state index is 11.7. The molecule has 0 aliphatic heterocycles. The van der Waals surface area contributed by atoms with Gasteiger partial charge in [-0.1, -0.05) is 18.2 Å². The summed E-state index contributed by atoms with van der Waals surface area (Å²) < 4.78 is 6.55. The number of pyridine rings is 1. The first kappa shape index (κ1) is 12.7. The Hall–Kier alpha value is -3.29. The summed E-state index contributed by atoms with van der Waals surface area (Å²) in [5, 5.41) is 13.3. The van der Waals surface area contributed by atoms with E-state index in [9.17, 15) is 4.79 Å². The Kier molecular flexibility index (Phi) is 3.50. The molecular weight excluding hydrogens is 272 g/mol. The third-order valence-electron chi connectivity index (χ3n) is 2.55. The van der Waals surface area contributed by atoms with Crippen molar-refractivity contribution in [3.8, 4) is 11.4 Å². The molecule has 0 saturated heterocycles. The van der Waals surface area contributed by atoms with Gasteiger partial charge in [0.05, 0.1) is 11.9 Å². The summed E-state index contributed by atoms with van der Waals surface area (Å²) in [7, 11) is 0. The molecule has 2 aromatic heterocycles. The van der Waals surface area contributed by atoms with Gasteiger partial charge in [0.15, 0.2) is 0 Å². The largest absolute Gasteiger partial charge is 0.418 e. The number of tetrazole rings is 1. The van der Waals surface area contributed by atoms with Crippen molar-refractivity contribution in [1.29, 1.82) is 0 Å². The molecule has 0 bridgehead atoms. The third kappa shape index (κ3) is 3.18. The van der Waals surface area contributed by atoms with Gasteiger partial charge in [-0.05, 0) is 34.7 Å². The minimum absolute atomic E-state index is 0.368. The summed E-state index contributed by atoms with van der Waals surface area (Å²) >= 11 is 0. The highest BCUT2D eigenvalue weighted by molar-refractivity contribution is 5.85. The number of hydrogen-bond acceptors (Lipinski definition) is 6. The fraction of sp³-hybridized carbons (Fsp3) is 0. The van der Waals surface area contributed by atoms with Crippen molar-refractivity contribution in [2.45, 2.75) is 0 Å². The zero-order valence-electron chi connectivity index (χ0n) is 10.7. The molecule has 0 unspecified atom stereocenters. The molecule has 0 saturated carbocycles. The minimum atomic E-state index is -0.608. The van der Waals surface area contributed by atoms with Crippen LogP contribution < -0.4 is 10.1 Å². The summed E-state index contributed by atoms with van der Waals surface area (Å²) in [5.74, 6) is 0.827. The van der Waals surface area contributed by atoms with Crippen molar-refractivity contribution in [2.24, 2.45) is 0 Å². The fourth-order valence-corrected chi connectivity index (χ4v) is 1.60. The lowest BCUT2D eigenvalue weighted by Crippen LogP contribution is -2.17. The zero-order chi connectivity index (χ0) is 14.5. The summed E-state index contributed by atoms with van der Waals surface area (Å²) in [5.41, 5.74) is 0.682. The van der Waals surface area contributed by atoms with Crippen molar-refractivity contribution >= 4 is 11.9 Å². The molecule has 1 amide bonds. The molecule has 3 rings (SSSR count). The number of para-hydroxylation sites is 1. The molecule has 1 N–H and O–H groups in total. The first-order valence-corrected chi connectivity index (χ1v) is 6.04. The molecule has 0 aliphatic carbocycles. The van der Waals surface area contributed by atoms with E-state index in [2.05, 4.69) is 25.8 Å². The topological polar surface area (TPSA) is 94.8 Å². The monoisotopic (exact) mass is 282 g/mol. The van der Waals surface area contributed by atoms with E-state index in [1.807, 2.05) is 6.07 Å². The molecular formula is C13H10N6O2. The van der Waals surface area contributed by atoms with Crippen molar-refractivity contribution in [3.05, 3.63) is 55.0 Å². The van der Waals surface area contributed by atoms with Crippen molar-refractivity contribution in [2.75, 3.05) is 5.32 Å². The second-order valence-electron chi connectivity index (χ2n) is 3.98. The van der Waals surface area contributed by atoms with Crippen molar-refractivity contribution in [1.82, 2.24) is 25.2 Å². The van der Waals surface area contributed by atoms with Gasteiger partial charge in [-0.2, -0.15) is 4.68 Å². The number of carbonyl (C=O) groups is 1. The van der Waals surface area contributed by atoms with Crippen LogP contribution in [0, 0.1) is 0 Å². The summed E-state index contributed by atoms with van der Waals surface area (Å²) in [6.45, 7) is 0. The fourth-order valence-electron chi connectivity index (χ4n) is 1.60. The highest BCUT2D eigenvalue weighted by atomic mass is 16.6. The van der Waals surface area contributed by atoms with E-state index in [1.165, 1.54) is 17.2 Å². The lowest BCUT2D eigenvalue weighted by molar-refractivity contribution is 0.215. The number of benzene rings is 1. The van der Waals surface area contributed by atoms with Gasteiger partial charge in [0.2, 0.25) is 0 Å². The van der Waals surface area contributed by atoms with Crippen LogP contribution in [0.1, 0.15) is 0 Å². The predicted octanol–water partition coefficient (Wildman–Crippen LogP) is 1.67. The molecule has 0 radical (unpaired) electrons.